The van der Waals surface area contributed by atoms with Crippen LogP contribution < -0.4 is 0 Å². The van der Waals surface area contributed by atoms with E-state index in [0.717, 1.165) is 32.7 Å². The van der Waals surface area contributed by atoms with Gasteiger partial charge in [0.1, 0.15) is 6.67 Å². The van der Waals surface area contributed by atoms with Crippen molar-refractivity contribution < 1.29 is 4.39 Å². The molecule has 3 heteroatoms. The van der Waals surface area contributed by atoms with Crippen LogP contribution in [0.5, 0.6) is 0 Å². The van der Waals surface area contributed by atoms with Crippen molar-refractivity contribution in [2.45, 2.75) is 46.8 Å². The van der Waals surface area contributed by atoms with Gasteiger partial charge in [0.25, 0.3) is 0 Å². The fraction of sp³-hybridized carbons (Fsp3) is 0.478. The van der Waals surface area contributed by atoms with E-state index in [-0.39, 0.29) is 12.7 Å². The van der Waals surface area contributed by atoms with Gasteiger partial charge in [0, 0.05) is 32.7 Å². The van der Waals surface area contributed by atoms with E-state index < -0.39 is 0 Å². The number of nitrogens with zero attached hydrogens (tertiary/aromatic N) is 2. The average Bonchev–Trinajstić information content (AvgIpc) is 2.73. The minimum atomic E-state index is -0.280. The summed E-state index contributed by atoms with van der Waals surface area (Å²) in [5.41, 5.74) is 2.56. The summed E-state index contributed by atoms with van der Waals surface area (Å²) in [4.78, 5) is 4.64. The summed E-state index contributed by atoms with van der Waals surface area (Å²) < 4.78 is 13.5. The van der Waals surface area contributed by atoms with Crippen LogP contribution in [0.1, 0.15) is 38.8 Å². The molecule has 0 aromatic heterocycles. The maximum absolute atomic E-state index is 13.5. The van der Waals surface area contributed by atoms with Crippen molar-refractivity contribution in [1.82, 2.24) is 9.80 Å². The molecule has 1 aliphatic rings. The third kappa shape index (κ3) is 7.27. The SMILES string of the molecule is CC.CC.FC[C@H]1CN(Cc2ccccc2)CCN1Cc1ccccc1. The Morgan fingerprint density at radius 3 is 1.77 bits per heavy atom. The third-order valence-corrected chi connectivity index (χ3v) is 4.34. The Hall–Kier alpha value is -1.71. The van der Waals surface area contributed by atoms with Gasteiger partial charge >= 0.3 is 0 Å². The number of piperazine rings is 1. The Kier molecular flexibility index (Phi) is 11.6. The maximum atomic E-state index is 13.5. The van der Waals surface area contributed by atoms with Gasteiger partial charge in [-0.05, 0) is 11.1 Å². The number of benzene rings is 2. The molecule has 0 bridgehead atoms. The minimum Gasteiger partial charge on any atom is -0.296 e. The first kappa shape index (κ1) is 22.3. The summed E-state index contributed by atoms with van der Waals surface area (Å²) in [5, 5.41) is 0. The summed E-state index contributed by atoms with van der Waals surface area (Å²) in [6.45, 7) is 12.2. The fourth-order valence-corrected chi connectivity index (χ4v) is 3.11. The molecule has 2 aromatic carbocycles. The molecule has 0 radical (unpaired) electrons. The molecule has 144 valence electrons. The zero-order valence-electron chi connectivity index (χ0n) is 16.9. The quantitative estimate of drug-likeness (QED) is 0.706. The topological polar surface area (TPSA) is 6.48 Å². The van der Waals surface area contributed by atoms with Crippen LogP contribution in [0.4, 0.5) is 4.39 Å². The first-order valence-corrected chi connectivity index (χ1v) is 9.95. The second-order valence-electron chi connectivity index (χ2n) is 5.98. The highest BCUT2D eigenvalue weighted by Crippen LogP contribution is 2.16. The van der Waals surface area contributed by atoms with Crippen molar-refractivity contribution in [3.63, 3.8) is 0 Å². The molecule has 2 nitrogen and oxygen atoms in total. The van der Waals surface area contributed by atoms with E-state index in [1.54, 1.807) is 0 Å². The fourth-order valence-electron chi connectivity index (χ4n) is 3.11. The van der Waals surface area contributed by atoms with Crippen LogP contribution in [-0.4, -0.2) is 42.2 Å². The van der Waals surface area contributed by atoms with E-state index in [9.17, 15) is 4.39 Å². The van der Waals surface area contributed by atoms with E-state index in [4.69, 9.17) is 0 Å². The Balaban J connectivity index is 0.000000791. The van der Waals surface area contributed by atoms with Gasteiger partial charge < -0.3 is 0 Å². The van der Waals surface area contributed by atoms with Gasteiger partial charge in [-0.3, -0.25) is 9.80 Å². The standard InChI is InChI=1S/C19H23FN2.2C2H6/c20-13-19-16-21(14-17-7-3-1-4-8-17)11-12-22(19)15-18-9-5-2-6-10-18;2*1-2/h1-10,19H,11-16H2;2*1-2H3/t19-;;/m0../s1. The molecule has 3 rings (SSSR count). The van der Waals surface area contributed by atoms with Crippen LogP contribution in [0.25, 0.3) is 0 Å². The zero-order valence-corrected chi connectivity index (χ0v) is 16.9. The van der Waals surface area contributed by atoms with Gasteiger partial charge in [-0.25, -0.2) is 4.39 Å². The highest BCUT2D eigenvalue weighted by molar-refractivity contribution is 5.16. The van der Waals surface area contributed by atoms with Crippen molar-refractivity contribution in [3.05, 3.63) is 71.8 Å². The average molecular weight is 359 g/mol. The summed E-state index contributed by atoms with van der Waals surface area (Å²) in [6, 6.07) is 20.8. The lowest BCUT2D eigenvalue weighted by Gasteiger charge is -2.40. The number of hydrogen-bond donors (Lipinski definition) is 0. The van der Waals surface area contributed by atoms with E-state index in [1.807, 2.05) is 52.0 Å². The molecule has 0 unspecified atom stereocenters. The van der Waals surface area contributed by atoms with Crippen LogP contribution in [0.3, 0.4) is 0 Å². The van der Waals surface area contributed by atoms with Crippen molar-refractivity contribution in [3.8, 4) is 0 Å². The van der Waals surface area contributed by atoms with Crippen molar-refractivity contribution >= 4 is 0 Å². The van der Waals surface area contributed by atoms with Crippen molar-refractivity contribution in [2.24, 2.45) is 0 Å². The van der Waals surface area contributed by atoms with Gasteiger partial charge in [0.15, 0.2) is 0 Å². The summed E-state index contributed by atoms with van der Waals surface area (Å²) in [7, 11) is 0. The molecule has 1 aliphatic heterocycles. The molecule has 0 spiro atoms. The van der Waals surface area contributed by atoms with E-state index in [2.05, 4.69) is 46.2 Å². The van der Waals surface area contributed by atoms with Crippen molar-refractivity contribution in [2.75, 3.05) is 26.3 Å². The van der Waals surface area contributed by atoms with Crippen LogP contribution >= 0.6 is 0 Å². The minimum absolute atomic E-state index is 0.00216. The van der Waals surface area contributed by atoms with E-state index >= 15 is 0 Å². The molecule has 0 amide bonds. The highest BCUT2D eigenvalue weighted by atomic mass is 19.1. The number of rotatable bonds is 5. The lowest BCUT2D eigenvalue weighted by molar-refractivity contribution is 0.0505. The van der Waals surface area contributed by atoms with E-state index in [1.165, 1.54) is 11.1 Å². The molecule has 1 atom stereocenters. The zero-order chi connectivity index (χ0) is 19.2. The monoisotopic (exact) mass is 358 g/mol. The molecule has 1 fully saturated rings. The lowest BCUT2D eigenvalue weighted by atomic mass is 10.1. The molecule has 0 N–H and O–H groups in total. The van der Waals surface area contributed by atoms with Gasteiger partial charge in [-0.1, -0.05) is 88.4 Å². The Morgan fingerprint density at radius 1 is 0.769 bits per heavy atom. The summed E-state index contributed by atoms with van der Waals surface area (Å²) >= 11 is 0. The first-order chi connectivity index (χ1) is 12.8. The molecule has 1 saturated heterocycles. The second-order valence-corrected chi connectivity index (χ2v) is 5.98. The Bertz CT molecular complexity index is 559. The number of hydrogen-bond acceptors (Lipinski definition) is 2. The van der Waals surface area contributed by atoms with Crippen molar-refractivity contribution in [1.29, 1.82) is 0 Å². The molecular formula is C23H35FN2. The predicted octanol–water partition coefficient (Wildman–Crippen LogP) is 5.39. The molecule has 26 heavy (non-hydrogen) atoms. The predicted molar refractivity (Wildman–Crippen MR) is 111 cm³/mol. The first-order valence-electron chi connectivity index (χ1n) is 9.95. The molecule has 0 aliphatic carbocycles. The van der Waals surface area contributed by atoms with Crippen LogP contribution in [0, 0.1) is 0 Å². The smallest absolute Gasteiger partial charge is 0.106 e. The molecule has 0 saturated carbocycles. The maximum Gasteiger partial charge on any atom is 0.106 e. The second kappa shape index (κ2) is 13.5. The number of halogens is 1. The largest absolute Gasteiger partial charge is 0.296 e. The summed E-state index contributed by atoms with van der Waals surface area (Å²) in [5.74, 6) is 0. The third-order valence-electron chi connectivity index (χ3n) is 4.34. The van der Waals surface area contributed by atoms with Crippen LogP contribution in [0.2, 0.25) is 0 Å². The molecular weight excluding hydrogens is 323 g/mol. The van der Waals surface area contributed by atoms with Gasteiger partial charge in [-0.15, -0.1) is 0 Å². The molecule has 1 heterocycles. The van der Waals surface area contributed by atoms with Gasteiger partial charge in [0.2, 0.25) is 0 Å². The van der Waals surface area contributed by atoms with Gasteiger partial charge in [0.05, 0.1) is 6.04 Å². The van der Waals surface area contributed by atoms with E-state index in [0.29, 0.717) is 0 Å². The summed E-state index contributed by atoms with van der Waals surface area (Å²) in [6.07, 6.45) is 0. The Labute approximate surface area is 159 Å². The van der Waals surface area contributed by atoms with Crippen LogP contribution in [0.15, 0.2) is 60.7 Å². The van der Waals surface area contributed by atoms with Gasteiger partial charge in [-0.2, -0.15) is 0 Å². The lowest BCUT2D eigenvalue weighted by Crippen LogP contribution is -2.53. The molecule has 2 aromatic rings. The highest BCUT2D eigenvalue weighted by Gasteiger charge is 2.26. The van der Waals surface area contributed by atoms with Crippen LogP contribution in [-0.2, 0) is 13.1 Å². The number of alkyl halides is 1. The Morgan fingerprint density at radius 2 is 1.27 bits per heavy atom. The normalized spacial score (nSPS) is 17.5.